The molecule has 0 spiro atoms. The predicted octanol–water partition coefficient (Wildman–Crippen LogP) is 0.349. The van der Waals surface area contributed by atoms with Crippen LogP contribution in [0.4, 0.5) is 0 Å². The number of aryl methyl sites for hydroxylation is 1. The molecule has 1 rings (SSSR count). The molecule has 0 radical (unpaired) electrons. The van der Waals surface area contributed by atoms with E-state index >= 15 is 0 Å². The van der Waals surface area contributed by atoms with Crippen LogP contribution in [0.15, 0.2) is 12.3 Å². The second-order valence-electron chi connectivity index (χ2n) is 3.48. The number of aromatic nitrogens is 2. The second-order valence-corrected chi connectivity index (χ2v) is 3.48. The van der Waals surface area contributed by atoms with Crippen LogP contribution in [0.2, 0.25) is 0 Å². The summed E-state index contributed by atoms with van der Waals surface area (Å²) < 4.78 is 7.28. The first-order valence-electron chi connectivity index (χ1n) is 4.70. The van der Waals surface area contributed by atoms with Gasteiger partial charge in [0.05, 0.1) is 24.4 Å². The lowest BCUT2D eigenvalue weighted by atomic mass is 10.2. The zero-order valence-electron chi connectivity index (χ0n) is 8.90. The summed E-state index contributed by atoms with van der Waals surface area (Å²) in [5.41, 5.74) is 3.74. The van der Waals surface area contributed by atoms with Crippen LogP contribution in [0.3, 0.4) is 0 Å². The van der Waals surface area contributed by atoms with Crippen LogP contribution in [0.1, 0.15) is 25.6 Å². The van der Waals surface area contributed by atoms with Crippen LogP contribution in [0.25, 0.3) is 0 Å². The molecule has 3 N–H and O–H groups in total. The maximum atomic E-state index is 5.49. The minimum atomic E-state index is -0.00935. The summed E-state index contributed by atoms with van der Waals surface area (Å²) in [6, 6.07) is 1.92. The Balaban J connectivity index is 2.58. The van der Waals surface area contributed by atoms with Crippen LogP contribution >= 0.6 is 0 Å². The summed E-state index contributed by atoms with van der Waals surface area (Å²) in [5, 5.41) is 4.08. The van der Waals surface area contributed by atoms with Crippen molar-refractivity contribution in [3.05, 3.63) is 18.0 Å². The van der Waals surface area contributed by atoms with Gasteiger partial charge in [0.1, 0.15) is 0 Å². The van der Waals surface area contributed by atoms with Crippen molar-refractivity contribution in [3.63, 3.8) is 0 Å². The third-order valence-electron chi connectivity index (χ3n) is 2.01. The minimum Gasteiger partial charge on any atom is -0.377 e. The number of nitrogens with two attached hydrogens (primary N) is 1. The number of rotatable bonds is 5. The summed E-state index contributed by atoms with van der Waals surface area (Å²) in [4.78, 5) is 0. The average molecular weight is 198 g/mol. The molecule has 5 nitrogen and oxygen atoms in total. The van der Waals surface area contributed by atoms with Crippen molar-refractivity contribution >= 4 is 0 Å². The summed E-state index contributed by atoms with van der Waals surface area (Å²) in [6.45, 7) is 4.54. The summed E-state index contributed by atoms with van der Waals surface area (Å²) in [6.07, 6.45) is 1.95. The van der Waals surface area contributed by atoms with Crippen LogP contribution < -0.4 is 11.3 Å². The molecule has 0 bridgehead atoms. The Hall–Kier alpha value is -0.910. The van der Waals surface area contributed by atoms with E-state index in [4.69, 9.17) is 10.6 Å². The number of ether oxygens (including phenoxy) is 1. The molecule has 14 heavy (non-hydrogen) atoms. The average Bonchev–Trinajstić information content (AvgIpc) is 2.53. The van der Waals surface area contributed by atoms with E-state index in [1.54, 1.807) is 10.9 Å². The third-order valence-corrected chi connectivity index (χ3v) is 2.01. The van der Waals surface area contributed by atoms with E-state index in [0.717, 1.165) is 5.69 Å². The maximum Gasteiger partial charge on any atom is 0.0862 e. The Kier molecular flexibility index (Phi) is 4.06. The largest absolute Gasteiger partial charge is 0.377 e. The molecule has 5 heteroatoms. The van der Waals surface area contributed by atoms with Crippen LogP contribution in [-0.4, -0.2) is 22.5 Å². The van der Waals surface area contributed by atoms with E-state index in [9.17, 15) is 0 Å². The lowest BCUT2D eigenvalue weighted by Gasteiger charge is -2.17. The Morgan fingerprint density at radius 1 is 1.64 bits per heavy atom. The molecule has 80 valence electrons. The summed E-state index contributed by atoms with van der Waals surface area (Å²) >= 11 is 0. The SMILES string of the molecule is CC(C)OCC(NN)c1ccnn1C. The molecule has 1 unspecified atom stereocenters. The van der Waals surface area contributed by atoms with Gasteiger partial charge in [-0.15, -0.1) is 0 Å². The monoisotopic (exact) mass is 198 g/mol. The first-order valence-corrected chi connectivity index (χ1v) is 4.70. The van der Waals surface area contributed by atoms with Gasteiger partial charge >= 0.3 is 0 Å². The molecule has 0 aromatic carbocycles. The molecule has 1 aromatic heterocycles. The van der Waals surface area contributed by atoms with E-state index in [2.05, 4.69) is 10.5 Å². The van der Waals surface area contributed by atoms with Gasteiger partial charge in [-0.25, -0.2) is 5.43 Å². The smallest absolute Gasteiger partial charge is 0.0862 e. The molecule has 0 aliphatic carbocycles. The van der Waals surface area contributed by atoms with E-state index in [-0.39, 0.29) is 12.1 Å². The Morgan fingerprint density at radius 2 is 2.36 bits per heavy atom. The van der Waals surface area contributed by atoms with Crippen molar-refractivity contribution in [1.82, 2.24) is 15.2 Å². The van der Waals surface area contributed by atoms with Crippen molar-refractivity contribution in [2.45, 2.75) is 26.0 Å². The third kappa shape index (κ3) is 2.80. The number of hydrogen-bond donors (Lipinski definition) is 2. The molecule has 0 saturated carbocycles. The van der Waals surface area contributed by atoms with Gasteiger partial charge in [0.2, 0.25) is 0 Å². The Labute approximate surface area is 84.2 Å². The normalized spacial score (nSPS) is 13.5. The summed E-state index contributed by atoms with van der Waals surface area (Å²) in [7, 11) is 1.88. The van der Waals surface area contributed by atoms with Crippen molar-refractivity contribution in [2.75, 3.05) is 6.61 Å². The highest BCUT2D eigenvalue weighted by Gasteiger charge is 2.13. The number of nitrogens with zero attached hydrogens (tertiary/aromatic N) is 2. The zero-order chi connectivity index (χ0) is 10.6. The molecule has 1 heterocycles. The van der Waals surface area contributed by atoms with Crippen LogP contribution in [0, 0.1) is 0 Å². The maximum absolute atomic E-state index is 5.49. The van der Waals surface area contributed by atoms with Crippen LogP contribution in [-0.2, 0) is 11.8 Å². The van der Waals surface area contributed by atoms with Gasteiger partial charge in [-0.1, -0.05) is 0 Å². The molecular formula is C9H18N4O. The molecule has 0 aliphatic rings. The fourth-order valence-electron chi connectivity index (χ4n) is 1.23. The molecule has 0 fully saturated rings. The quantitative estimate of drug-likeness (QED) is 0.529. The van der Waals surface area contributed by atoms with Gasteiger partial charge in [0.15, 0.2) is 0 Å². The first kappa shape index (κ1) is 11.2. The van der Waals surface area contributed by atoms with E-state index in [1.165, 1.54) is 0 Å². The van der Waals surface area contributed by atoms with Crippen molar-refractivity contribution in [1.29, 1.82) is 0 Å². The molecule has 0 amide bonds. The van der Waals surface area contributed by atoms with Gasteiger partial charge < -0.3 is 4.74 Å². The van der Waals surface area contributed by atoms with Gasteiger partial charge in [-0.3, -0.25) is 10.5 Å². The van der Waals surface area contributed by atoms with E-state index in [1.807, 2.05) is 27.0 Å². The minimum absolute atomic E-state index is 0.00935. The van der Waals surface area contributed by atoms with Gasteiger partial charge in [-0.05, 0) is 19.9 Å². The Morgan fingerprint density at radius 3 is 2.79 bits per heavy atom. The Bertz CT molecular complexity index is 272. The lowest BCUT2D eigenvalue weighted by Crippen LogP contribution is -2.33. The highest BCUT2D eigenvalue weighted by atomic mass is 16.5. The number of nitrogens with one attached hydrogen (secondary N) is 1. The fourth-order valence-corrected chi connectivity index (χ4v) is 1.23. The standard InChI is InChI=1S/C9H18N4O/c1-7(2)14-6-8(12-10)9-4-5-11-13(9)3/h4-5,7-8,12H,6,10H2,1-3H3. The van der Waals surface area contributed by atoms with Crippen LogP contribution in [0.5, 0.6) is 0 Å². The predicted molar refractivity (Wildman–Crippen MR) is 54.4 cm³/mol. The van der Waals surface area contributed by atoms with E-state index < -0.39 is 0 Å². The van der Waals surface area contributed by atoms with Gasteiger partial charge in [0, 0.05) is 13.2 Å². The highest BCUT2D eigenvalue weighted by molar-refractivity contribution is 5.06. The van der Waals surface area contributed by atoms with Crippen molar-refractivity contribution in [2.24, 2.45) is 12.9 Å². The first-order chi connectivity index (χ1) is 6.65. The summed E-state index contributed by atoms with van der Waals surface area (Å²) in [5.74, 6) is 5.45. The molecule has 1 atom stereocenters. The van der Waals surface area contributed by atoms with E-state index in [0.29, 0.717) is 6.61 Å². The number of hydrogen-bond acceptors (Lipinski definition) is 4. The van der Waals surface area contributed by atoms with Crippen molar-refractivity contribution in [3.8, 4) is 0 Å². The second kappa shape index (κ2) is 5.09. The van der Waals surface area contributed by atoms with Gasteiger partial charge in [-0.2, -0.15) is 5.10 Å². The molecule has 0 saturated heterocycles. The topological polar surface area (TPSA) is 65.1 Å². The molecule has 1 aromatic rings. The highest BCUT2D eigenvalue weighted by Crippen LogP contribution is 2.11. The fraction of sp³-hybridized carbons (Fsp3) is 0.667. The zero-order valence-corrected chi connectivity index (χ0v) is 8.90. The number of hydrazine groups is 1. The van der Waals surface area contributed by atoms with Gasteiger partial charge in [0.25, 0.3) is 0 Å². The molecule has 0 aliphatic heterocycles. The lowest BCUT2D eigenvalue weighted by molar-refractivity contribution is 0.0596. The molecular weight excluding hydrogens is 180 g/mol. The van der Waals surface area contributed by atoms with Crippen molar-refractivity contribution < 1.29 is 4.74 Å².